The maximum absolute atomic E-state index is 12.8. The van der Waals surface area contributed by atoms with Gasteiger partial charge in [-0.05, 0) is 31.9 Å². The molecule has 1 aromatic rings. The van der Waals surface area contributed by atoms with Gasteiger partial charge in [-0.2, -0.15) is 0 Å². The lowest BCUT2D eigenvalue weighted by atomic mass is 9.93. The minimum atomic E-state index is -0.150. The number of nitrogens with zero attached hydrogens (tertiary/aromatic N) is 2. The molecule has 1 aromatic heterocycles. The van der Waals surface area contributed by atoms with Crippen LogP contribution in [0.15, 0.2) is 23.1 Å². The highest BCUT2D eigenvalue weighted by Crippen LogP contribution is 2.24. The largest absolute Gasteiger partial charge is 0.336 e. The maximum Gasteiger partial charge on any atom is 0.254 e. The monoisotopic (exact) mass is 291 g/mol. The van der Waals surface area contributed by atoms with Crippen LogP contribution in [0.2, 0.25) is 0 Å². The van der Waals surface area contributed by atoms with Crippen LogP contribution < -0.4 is 11.3 Å². The van der Waals surface area contributed by atoms with Crippen molar-refractivity contribution in [3.63, 3.8) is 0 Å². The van der Waals surface area contributed by atoms with E-state index < -0.39 is 0 Å². The van der Waals surface area contributed by atoms with Gasteiger partial charge in [-0.3, -0.25) is 9.59 Å². The van der Waals surface area contributed by atoms with E-state index in [4.69, 9.17) is 5.73 Å². The Labute approximate surface area is 125 Å². The molecule has 116 valence electrons. The summed E-state index contributed by atoms with van der Waals surface area (Å²) >= 11 is 0. The third-order valence-corrected chi connectivity index (χ3v) is 4.23. The fourth-order valence-electron chi connectivity index (χ4n) is 2.95. The van der Waals surface area contributed by atoms with Crippen molar-refractivity contribution < 1.29 is 4.79 Å². The molecular formula is C16H25N3O2. The second-order valence-corrected chi connectivity index (χ2v) is 5.80. The molecule has 0 radical (unpaired) electrons. The molecular weight excluding hydrogens is 266 g/mol. The molecule has 0 aliphatic heterocycles. The Kier molecular flexibility index (Phi) is 5.56. The molecule has 2 N–H and O–H groups in total. The molecule has 1 aliphatic carbocycles. The topological polar surface area (TPSA) is 68.3 Å². The third-order valence-electron chi connectivity index (χ3n) is 4.23. The first-order valence-corrected chi connectivity index (χ1v) is 7.81. The number of nitrogens with two attached hydrogens (primary N) is 1. The highest BCUT2D eigenvalue weighted by molar-refractivity contribution is 5.94. The lowest BCUT2D eigenvalue weighted by molar-refractivity contribution is 0.0632. The molecule has 1 saturated carbocycles. The van der Waals surface area contributed by atoms with Crippen molar-refractivity contribution in [1.82, 2.24) is 9.47 Å². The summed E-state index contributed by atoms with van der Waals surface area (Å²) in [7, 11) is 1.68. The van der Waals surface area contributed by atoms with E-state index in [2.05, 4.69) is 0 Å². The predicted molar refractivity (Wildman–Crippen MR) is 83.3 cm³/mol. The van der Waals surface area contributed by atoms with Gasteiger partial charge in [0.2, 0.25) is 0 Å². The zero-order valence-electron chi connectivity index (χ0n) is 12.8. The van der Waals surface area contributed by atoms with Gasteiger partial charge in [0.25, 0.3) is 11.5 Å². The van der Waals surface area contributed by atoms with Crippen LogP contribution in [-0.2, 0) is 7.05 Å². The quantitative estimate of drug-likeness (QED) is 0.894. The van der Waals surface area contributed by atoms with Crippen molar-refractivity contribution in [3.05, 3.63) is 34.2 Å². The van der Waals surface area contributed by atoms with E-state index in [1.165, 1.54) is 29.9 Å². The van der Waals surface area contributed by atoms with Gasteiger partial charge < -0.3 is 15.2 Å². The number of carbonyl (C=O) groups excluding carboxylic acids is 1. The number of aryl methyl sites for hydroxylation is 1. The van der Waals surface area contributed by atoms with Crippen LogP contribution in [0.3, 0.4) is 0 Å². The molecule has 21 heavy (non-hydrogen) atoms. The van der Waals surface area contributed by atoms with Crippen LogP contribution >= 0.6 is 0 Å². The highest BCUT2D eigenvalue weighted by Gasteiger charge is 2.26. The zero-order valence-corrected chi connectivity index (χ0v) is 12.8. The minimum Gasteiger partial charge on any atom is -0.336 e. The van der Waals surface area contributed by atoms with Crippen molar-refractivity contribution in [1.29, 1.82) is 0 Å². The predicted octanol–water partition coefficient (Wildman–Crippen LogP) is 1.51. The van der Waals surface area contributed by atoms with E-state index in [0.29, 0.717) is 24.7 Å². The molecule has 0 bridgehead atoms. The fraction of sp³-hybridized carbons (Fsp3) is 0.625. The Morgan fingerprint density at radius 2 is 2.10 bits per heavy atom. The molecule has 1 heterocycles. The van der Waals surface area contributed by atoms with E-state index in [0.717, 1.165) is 19.3 Å². The van der Waals surface area contributed by atoms with Crippen LogP contribution in [0, 0.1) is 0 Å². The first-order chi connectivity index (χ1) is 10.1. The smallest absolute Gasteiger partial charge is 0.254 e. The van der Waals surface area contributed by atoms with Gasteiger partial charge in [-0.1, -0.05) is 19.3 Å². The summed E-state index contributed by atoms with van der Waals surface area (Å²) in [5, 5.41) is 0. The Hall–Kier alpha value is -1.62. The number of hydrogen-bond acceptors (Lipinski definition) is 3. The van der Waals surface area contributed by atoms with E-state index >= 15 is 0 Å². The standard InChI is InChI=1S/C16H25N3O2/c1-18-11-8-13(12-15(18)20)16(21)19(10-5-9-17)14-6-3-2-4-7-14/h8,11-12,14H,2-7,9-10,17H2,1H3. The van der Waals surface area contributed by atoms with Crippen molar-refractivity contribution in [3.8, 4) is 0 Å². The lowest BCUT2D eigenvalue weighted by Gasteiger charge is -2.34. The fourth-order valence-corrected chi connectivity index (χ4v) is 2.95. The van der Waals surface area contributed by atoms with Gasteiger partial charge in [-0.25, -0.2) is 0 Å². The molecule has 0 atom stereocenters. The first kappa shape index (κ1) is 15.8. The van der Waals surface area contributed by atoms with E-state index in [1.807, 2.05) is 4.90 Å². The van der Waals surface area contributed by atoms with Crippen LogP contribution in [0.4, 0.5) is 0 Å². The van der Waals surface area contributed by atoms with Crippen LogP contribution in [0.25, 0.3) is 0 Å². The van der Waals surface area contributed by atoms with Crippen LogP contribution in [0.1, 0.15) is 48.9 Å². The normalized spacial score (nSPS) is 15.9. The number of hydrogen-bond donors (Lipinski definition) is 1. The summed E-state index contributed by atoms with van der Waals surface area (Å²) in [5.74, 6) is -0.0342. The Morgan fingerprint density at radius 3 is 2.71 bits per heavy atom. The van der Waals surface area contributed by atoms with Gasteiger partial charge in [0, 0.05) is 37.5 Å². The van der Waals surface area contributed by atoms with E-state index in [1.54, 1.807) is 19.3 Å². The molecule has 1 amide bonds. The molecule has 2 rings (SSSR count). The number of amides is 1. The summed E-state index contributed by atoms with van der Waals surface area (Å²) in [4.78, 5) is 26.4. The lowest BCUT2D eigenvalue weighted by Crippen LogP contribution is -2.43. The summed E-state index contributed by atoms with van der Waals surface area (Å²) in [6, 6.07) is 3.45. The van der Waals surface area contributed by atoms with Crippen molar-refractivity contribution in [2.45, 2.75) is 44.6 Å². The maximum atomic E-state index is 12.8. The van der Waals surface area contributed by atoms with Gasteiger partial charge in [0.05, 0.1) is 0 Å². The Balaban J connectivity index is 2.19. The SMILES string of the molecule is Cn1ccc(C(=O)N(CCCN)C2CCCCC2)cc1=O. The average Bonchev–Trinajstić information content (AvgIpc) is 2.51. The Morgan fingerprint density at radius 1 is 1.38 bits per heavy atom. The zero-order chi connectivity index (χ0) is 15.2. The van der Waals surface area contributed by atoms with Crippen molar-refractivity contribution in [2.24, 2.45) is 12.8 Å². The van der Waals surface area contributed by atoms with Crippen molar-refractivity contribution >= 4 is 5.91 Å². The van der Waals surface area contributed by atoms with Gasteiger partial charge in [0.15, 0.2) is 0 Å². The van der Waals surface area contributed by atoms with Crippen molar-refractivity contribution in [2.75, 3.05) is 13.1 Å². The first-order valence-electron chi connectivity index (χ1n) is 7.81. The Bertz CT molecular complexity index is 533. The number of aromatic nitrogens is 1. The molecule has 1 aliphatic rings. The van der Waals surface area contributed by atoms with Gasteiger partial charge in [-0.15, -0.1) is 0 Å². The molecule has 1 fully saturated rings. The molecule has 0 aromatic carbocycles. The van der Waals surface area contributed by atoms with Crippen LogP contribution in [-0.4, -0.2) is 34.5 Å². The minimum absolute atomic E-state index is 0.0342. The molecule has 5 heteroatoms. The third kappa shape index (κ3) is 3.94. The summed E-state index contributed by atoms with van der Waals surface area (Å²) in [5.41, 5.74) is 5.93. The van der Waals surface area contributed by atoms with Gasteiger partial charge in [0.1, 0.15) is 0 Å². The van der Waals surface area contributed by atoms with Gasteiger partial charge >= 0.3 is 0 Å². The average molecular weight is 291 g/mol. The second-order valence-electron chi connectivity index (χ2n) is 5.80. The summed E-state index contributed by atoms with van der Waals surface area (Å²) < 4.78 is 1.47. The second kappa shape index (κ2) is 7.41. The highest BCUT2D eigenvalue weighted by atomic mass is 16.2. The molecule has 0 saturated heterocycles. The van der Waals surface area contributed by atoms with E-state index in [-0.39, 0.29) is 11.5 Å². The van der Waals surface area contributed by atoms with E-state index in [9.17, 15) is 9.59 Å². The summed E-state index contributed by atoms with van der Waals surface area (Å²) in [6.07, 6.45) is 8.16. The number of rotatable bonds is 5. The number of pyridine rings is 1. The molecule has 0 spiro atoms. The molecule has 5 nitrogen and oxygen atoms in total. The summed E-state index contributed by atoms with van der Waals surface area (Å²) in [6.45, 7) is 1.25. The van der Waals surface area contributed by atoms with Crippen LogP contribution in [0.5, 0.6) is 0 Å². The molecule has 0 unspecified atom stereocenters. The number of carbonyl (C=O) groups is 1.